The van der Waals surface area contributed by atoms with Crippen molar-refractivity contribution in [1.82, 2.24) is 83.1 Å². The van der Waals surface area contributed by atoms with E-state index in [0.29, 0.717) is 169 Å². The minimum atomic E-state index is -1.56. The van der Waals surface area contributed by atoms with E-state index in [2.05, 4.69) is 66.7 Å². The van der Waals surface area contributed by atoms with Crippen LogP contribution in [0, 0.1) is 67.1 Å². The van der Waals surface area contributed by atoms with Crippen molar-refractivity contribution in [3.05, 3.63) is 340 Å². The van der Waals surface area contributed by atoms with E-state index in [1.165, 1.54) is 32.2 Å². The van der Waals surface area contributed by atoms with E-state index in [0.717, 1.165) is 5.56 Å². The molecular weight excluding hydrogens is 1930 g/mol. The van der Waals surface area contributed by atoms with Crippen LogP contribution in [0.4, 0.5) is 4.39 Å². The molecule has 704 valence electrons. The van der Waals surface area contributed by atoms with Crippen molar-refractivity contribution in [2.24, 2.45) is 10.9 Å². The van der Waals surface area contributed by atoms with Gasteiger partial charge in [0.25, 0.3) is 22.2 Å². The lowest BCUT2D eigenvalue weighted by Gasteiger charge is -2.25. The number of dihydropyridines is 1. The van der Waals surface area contributed by atoms with Crippen molar-refractivity contribution in [3.8, 4) is 108 Å². The molecule has 0 aliphatic carbocycles. The summed E-state index contributed by atoms with van der Waals surface area (Å²) in [7, 11) is 0. The second kappa shape index (κ2) is 38.7. The quantitative estimate of drug-likeness (QED) is 0.0371. The largest absolute Gasteiger partial charge is 0.487 e. The summed E-state index contributed by atoms with van der Waals surface area (Å²) >= 11 is 21.1. The third-order valence-electron chi connectivity index (χ3n) is 23.4. The number of allylic oxidation sites excluding steroid dienone is 1. The molecule has 0 amide bonds. The fraction of sp³-hybridized carbons (Fsp3) is 0.262. The number of hydrogen-bond acceptors (Lipinski definition) is 26. The number of aliphatic imine (C=N–C) groups is 1. The van der Waals surface area contributed by atoms with Crippen molar-refractivity contribution < 1.29 is 43.8 Å². The maximum Gasteiger partial charge on any atom is 0.277 e. The van der Waals surface area contributed by atoms with E-state index in [1.54, 1.807) is 228 Å². The van der Waals surface area contributed by atoms with Gasteiger partial charge < -0.3 is 39.4 Å². The van der Waals surface area contributed by atoms with Gasteiger partial charge in [0.15, 0.2) is 11.6 Å². The lowest BCUT2D eigenvalue weighted by molar-refractivity contribution is 0.0684. The predicted molar refractivity (Wildman–Crippen MR) is 530 cm³/mol. The molecule has 0 unspecified atom stereocenters. The van der Waals surface area contributed by atoms with Gasteiger partial charge in [0.2, 0.25) is 0 Å². The highest BCUT2D eigenvalue weighted by atomic mass is 79.9. The van der Waals surface area contributed by atoms with E-state index >= 15 is 4.79 Å². The van der Waals surface area contributed by atoms with Crippen LogP contribution in [0.2, 0.25) is 10.0 Å². The molecule has 16 rings (SSSR count). The molecule has 1 aliphatic heterocycles. The number of aliphatic hydroxyl groups is 4. The summed E-state index contributed by atoms with van der Waals surface area (Å²) in [5.74, 6) is 0.126. The van der Waals surface area contributed by atoms with E-state index < -0.39 is 50.5 Å². The van der Waals surface area contributed by atoms with E-state index in [-0.39, 0.29) is 98.1 Å². The predicted octanol–water partition coefficient (Wildman–Crippen LogP) is 18.1. The molecule has 0 fully saturated rings. The standard InChI is InChI=1S/C103H95Br2Cl2FN18O12/c1-52-39-113-72(75-31-62(33-88(118-75)101(12,13)132)68-19-23-110-45-64(68)49-137-85-29-60(9)126(97(130)91(85)106)82-38-78(116-42-55(82)4)93-56(5)43-117-98(122-93)102(14,15)133)35-79(52)123-57(6)26-83(89(104)94(123)127)135-48-63-44-109-22-18-67(63)61-30-76(119-87(32-61)100(10,11)131)73-36-81(54(3)41-114-73)125-59(8)28-86(92(107)96(125)129)138-50-65-46-111-24-20-69(65)71-34-77(121-99(120-71)103(16,17)134)74-37-80(53(2)40-115-74)124-58(7)27-84(90(105)95(124)128)136-51-66-47-112-25-21-70(66)108/h18-40,42-47,54,131-134H,41,48-51H2,1-17H3/t54-/m1/s1. The summed E-state index contributed by atoms with van der Waals surface area (Å²) in [5, 5.41) is 45.4. The van der Waals surface area contributed by atoms with Crippen LogP contribution in [-0.2, 0) is 48.8 Å². The van der Waals surface area contributed by atoms with Crippen molar-refractivity contribution in [2.45, 2.75) is 167 Å². The van der Waals surface area contributed by atoms with Crippen LogP contribution in [0.1, 0.15) is 158 Å². The van der Waals surface area contributed by atoms with Gasteiger partial charge in [0.1, 0.15) is 96.6 Å². The smallest absolute Gasteiger partial charge is 0.277 e. The molecule has 0 radical (unpaired) electrons. The van der Waals surface area contributed by atoms with Gasteiger partial charge in [0.05, 0.1) is 79.7 Å². The summed E-state index contributed by atoms with van der Waals surface area (Å²) in [6.45, 7) is 28.9. The van der Waals surface area contributed by atoms with E-state index in [4.69, 9.17) is 77.0 Å². The Hall–Kier alpha value is -13.8. The third kappa shape index (κ3) is 20.1. The van der Waals surface area contributed by atoms with Gasteiger partial charge in [-0.15, -0.1) is 0 Å². The summed E-state index contributed by atoms with van der Waals surface area (Å²) in [4.78, 5) is 124. The number of rotatable bonds is 27. The minimum absolute atomic E-state index is 0.0606. The highest BCUT2D eigenvalue weighted by molar-refractivity contribution is 9.10. The monoisotopic (exact) mass is 2020 g/mol. The molecule has 1 aliphatic rings. The lowest BCUT2D eigenvalue weighted by atomic mass is 9.95. The van der Waals surface area contributed by atoms with Crippen LogP contribution in [-0.4, -0.2) is 116 Å². The molecule has 138 heavy (non-hydrogen) atoms. The first kappa shape index (κ1) is 97.3. The third-order valence-corrected chi connectivity index (χ3v) is 25.6. The first-order valence-electron chi connectivity index (χ1n) is 43.8. The average molecular weight is 2030 g/mol. The van der Waals surface area contributed by atoms with Crippen molar-refractivity contribution in [3.63, 3.8) is 0 Å². The van der Waals surface area contributed by atoms with Gasteiger partial charge >= 0.3 is 0 Å². The Morgan fingerprint density at radius 2 is 0.783 bits per heavy atom. The molecule has 1 atom stereocenters. The highest BCUT2D eigenvalue weighted by Gasteiger charge is 2.32. The van der Waals surface area contributed by atoms with Crippen molar-refractivity contribution in [1.29, 1.82) is 0 Å². The maximum atomic E-state index is 15.0. The number of aryl methyl sites for hydroxylation is 8. The normalized spacial score (nSPS) is 13.1. The number of aromatic nitrogens is 17. The Morgan fingerprint density at radius 1 is 0.399 bits per heavy atom. The number of pyridine rings is 13. The molecule has 15 aromatic rings. The van der Waals surface area contributed by atoms with Gasteiger partial charge in [-0.2, -0.15) is 0 Å². The second-order valence-electron chi connectivity index (χ2n) is 36.1. The van der Waals surface area contributed by atoms with Crippen LogP contribution in [0.15, 0.2) is 211 Å². The molecular formula is C103H95Br2Cl2FN18O12. The van der Waals surface area contributed by atoms with Gasteiger partial charge in [-0.3, -0.25) is 77.3 Å². The average Bonchev–Trinajstić information content (AvgIpc) is 0.812. The SMILES string of the molecule is Cc1cnc(-c2nc(C(C)(C)O)ncc2C)cc1-n1c(C)cc(OCc2cnccc2-c2cc(-c3cc(-n4c(C)cc(OCc5cnccc5-c5cc(C6=NC[C@@H](C)C(n7c(C)cc(OCc8cnccc8-c8cc(-c9cc(-n%10c(C)cc(OCc%11cnccc%11F)c(Br)c%10=O)c(C)cn9)nc(C(C)(C)O)n8)c(Cl)c7=O)=C6)nc(C(C)(C)O)c5)c(Br)c4=O)c(C)cn3)nc(C(C)(C)O)c2)c(Cl)c1=O. The molecule has 35 heteroatoms. The number of hydrogen-bond donors (Lipinski definition) is 4. The maximum absolute atomic E-state index is 15.0. The Labute approximate surface area is 819 Å². The fourth-order valence-corrected chi connectivity index (χ4v) is 17.2. The fourth-order valence-electron chi connectivity index (χ4n) is 16.0. The van der Waals surface area contributed by atoms with Crippen molar-refractivity contribution in [2.75, 3.05) is 6.54 Å². The molecule has 4 N–H and O–H groups in total. The summed E-state index contributed by atoms with van der Waals surface area (Å²) in [6.07, 6.45) is 20.8. The number of ether oxygens (including phenoxy) is 4. The van der Waals surface area contributed by atoms with Gasteiger partial charge in [-0.25, -0.2) is 34.3 Å². The first-order chi connectivity index (χ1) is 65.4. The highest BCUT2D eigenvalue weighted by Crippen LogP contribution is 2.41. The Balaban J connectivity index is 0.631. The topological polar surface area (TPSA) is 386 Å². The molecule has 0 bridgehead atoms. The van der Waals surface area contributed by atoms with Crippen molar-refractivity contribution >= 4 is 66.5 Å². The lowest BCUT2D eigenvalue weighted by Crippen LogP contribution is -2.29. The zero-order chi connectivity index (χ0) is 98.8. The van der Waals surface area contributed by atoms with Crippen LogP contribution in [0.5, 0.6) is 23.0 Å². The second-order valence-corrected chi connectivity index (χ2v) is 38.4. The summed E-state index contributed by atoms with van der Waals surface area (Å²) in [6, 6.07) is 27.5. The number of nitrogens with zero attached hydrogens (tertiary/aromatic N) is 18. The van der Waals surface area contributed by atoms with E-state index in [9.17, 15) is 39.2 Å². The summed E-state index contributed by atoms with van der Waals surface area (Å²) in [5.41, 5.74) is 8.15. The van der Waals surface area contributed by atoms with Crippen LogP contribution >= 0.6 is 55.1 Å². The van der Waals surface area contributed by atoms with Gasteiger partial charge in [0, 0.05) is 167 Å². The molecule has 16 heterocycles. The van der Waals surface area contributed by atoms with Crippen LogP contribution in [0.3, 0.4) is 0 Å². The number of halogens is 5. The zero-order valence-corrected chi connectivity index (χ0v) is 83.0. The zero-order valence-electron chi connectivity index (χ0n) is 78.4. The van der Waals surface area contributed by atoms with Gasteiger partial charge in [-0.1, -0.05) is 30.1 Å². The van der Waals surface area contributed by atoms with Crippen LogP contribution < -0.4 is 41.2 Å². The molecule has 15 aromatic heterocycles. The first-order valence-corrected chi connectivity index (χ1v) is 46.2. The Bertz CT molecular complexity index is 7770. The Morgan fingerprint density at radius 3 is 1.27 bits per heavy atom. The minimum Gasteiger partial charge on any atom is -0.487 e. The Kier molecular flexibility index (Phi) is 27.3. The molecule has 0 saturated carbocycles. The molecule has 30 nitrogen and oxygen atoms in total. The molecule has 0 saturated heterocycles. The van der Waals surface area contributed by atoms with E-state index in [1.807, 2.05) is 52.8 Å². The van der Waals surface area contributed by atoms with Crippen LogP contribution in [0.25, 0.3) is 90.4 Å². The molecule has 0 aromatic carbocycles. The molecule has 0 spiro atoms. The summed E-state index contributed by atoms with van der Waals surface area (Å²) < 4.78 is 46.2. The van der Waals surface area contributed by atoms with Gasteiger partial charge in [-0.05, 0) is 266 Å².